The van der Waals surface area contributed by atoms with Crippen LogP contribution in [-0.2, 0) is 28.6 Å². The maximum absolute atomic E-state index is 13.0. The second kappa shape index (κ2) is 10.0. The first-order chi connectivity index (χ1) is 15.3. The van der Waals surface area contributed by atoms with E-state index in [-0.39, 0.29) is 17.0 Å². The predicted molar refractivity (Wildman–Crippen MR) is 122 cm³/mol. The maximum atomic E-state index is 13.0. The number of hydrogen-bond acceptors (Lipinski definition) is 7. The van der Waals surface area contributed by atoms with Gasteiger partial charge in [-0.05, 0) is 48.0 Å². The van der Waals surface area contributed by atoms with Crippen molar-refractivity contribution in [1.82, 2.24) is 0 Å². The van der Waals surface area contributed by atoms with Crippen LogP contribution in [-0.4, -0.2) is 39.2 Å². The molecule has 0 bridgehead atoms. The van der Waals surface area contributed by atoms with Crippen LogP contribution < -0.4 is 4.90 Å². The molecule has 7 nitrogen and oxygen atoms in total. The SMILES string of the molecule is COC(=O)C1=CC(c2ccc(Cl)cc2)C(C(=O)OC)=C(C(=O)OC)N1c1ccc(Br)cc1. The molecule has 1 aliphatic rings. The zero-order chi connectivity index (χ0) is 23.4. The Labute approximate surface area is 198 Å². The molecule has 9 heteroatoms. The van der Waals surface area contributed by atoms with E-state index in [1.54, 1.807) is 54.6 Å². The lowest BCUT2D eigenvalue weighted by molar-refractivity contribution is -0.140. The van der Waals surface area contributed by atoms with Gasteiger partial charge in [0.15, 0.2) is 0 Å². The fraction of sp³-hybridized carbons (Fsp3) is 0.174. The number of rotatable bonds is 5. The Kier molecular flexibility index (Phi) is 7.37. The molecule has 0 spiro atoms. The summed E-state index contributed by atoms with van der Waals surface area (Å²) >= 11 is 9.38. The standard InChI is InChI=1S/C23H19BrClNO6/c1-30-21(27)18-12-17(13-4-8-15(25)9-5-13)19(22(28)31-2)20(23(29)32-3)26(18)16-10-6-14(24)7-11-16/h4-12,17H,1-3H3. The van der Waals surface area contributed by atoms with Crippen LogP contribution in [0.3, 0.4) is 0 Å². The van der Waals surface area contributed by atoms with Crippen LogP contribution in [0.15, 0.2) is 76.0 Å². The minimum atomic E-state index is -0.818. The summed E-state index contributed by atoms with van der Waals surface area (Å²) in [7, 11) is 3.64. The number of halogens is 2. The Hall–Kier alpha value is -3.10. The van der Waals surface area contributed by atoms with Gasteiger partial charge in [-0.3, -0.25) is 4.90 Å². The topological polar surface area (TPSA) is 82.1 Å². The van der Waals surface area contributed by atoms with Gasteiger partial charge in [0.05, 0.1) is 26.9 Å². The van der Waals surface area contributed by atoms with E-state index in [0.29, 0.717) is 16.3 Å². The molecule has 1 unspecified atom stereocenters. The van der Waals surface area contributed by atoms with Gasteiger partial charge >= 0.3 is 17.9 Å². The van der Waals surface area contributed by atoms with Crippen LogP contribution in [0.4, 0.5) is 5.69 Å². The molecule has 32 heavy (non-hydrogen) atoms. The smallest absolute Gasteiger partial charge is 0.355 e. The van der Waals surface area contributed by atoms with Crippen LogP contribution in [0.1, 0.15) is 11.5 Å². The highest BCUT2D eigenvalue weighted by molar-refractivity contribution is 9.10. The fourth-order valence-electron chi connectivity index (χ4n) is 3.39. The summed E-state index contributed by atoms with van der Waals surface area (Å²) in [6, 6.07) is 13.5. The lowest BCUT2D eigenvalue weighted by atomic mass is 9.85. The van der Waals surface area contributed by atoms with Crippen molar-refractivity contribution in [3.63, 3.8) is 0 Å². The number of allylic oxidation sites excluding steroid dienone is 1. The molecular weight excluding hydrogens is 502 g/mol. The molecular formula is C23H19BrClNO6. The van der Waals surface area contributed by atoms with Crippen molar-refractivity contribution in [2.24, 2.45) is 0 Å². The third-order valence-electron chi connectivity index (χ3n) is 4.85. The molecule has 0 amide bonds. The molecule has 0 aromatic heterocycles. The Morgan fingerprint density at radius 3 is 1.94 bits per heavy atom. The number of benzene rings is 2. The average molecular weight is 521 g/mol. The zero-order valence-electron chi connectivity index (χ0n) is 17.4. The van der Waals surface area contributed by atoms with E-state index < -0.39 is 23.8 Å². The number of methoxy groups -OCH3 is 3. The minimum absolute atomic E-state index is 0.0113. The van der Waals surface area contributed by atoms with Gasteiger partial charge in [0, 0.05) is 21.1 Å². The van der Waals surface area contributed by atoms with E-state index in [1.165, 1.54) is 26.2 Å². The van der Waals surface area contributed by atoms with Crippen molar-refractivity contribution in [1.29, 1.82) is 0 Å². The summed E-state index contributed by atoms with van der Waals surface area (Å²) in [6.45, 7) is 0. The number of carbonyl (C=O) groups excluding carboxylic acids is 3. The van der Waals surface area contributed by atoms with E-state index in [4.69, 9.17) is 25.8 Å². The summed E-state index contributed by atoms with van der Waals surface area (Å²) in [5, 5.41) is 0.495. The van der Waals surface area contributed by atoms with Crippen molar-refractivity contribution in [2.75, 3.05) is 26.2 Å². The van der Waals surface area contributed by atoms with Crippen molar-refractivity contribution in [3.05, 3.63) is 86.6 Å². The van der Waals surface area contributed by atoms with Gasteiger partial charge in [0.25, 0.3) is 0 Å². The number of anilines is 1. The number of carbonyl (C=O) groups is 3. The van der Waals surface area contributed by atoms with Crippen molar-refractivity contribution in [3.8, 4) is 0 Å². The molecule has 0 radical (unpaired) electrons. The number of hydrogen-bond donors (Lipinski definition) is 0. The molecule has 1 aliphatic heterocycles. The molecule has 1 heterocycles. The molecule has 0 N–H and O–H groups in total. The largest absolute Gasteiger partial charge is 0.466 e. The molecule has 0 aliphatic carbocycles. The predicted octanol–water partition coefficient (Wildman–Crippen LogP) is 4.36. The van der Waals surface area contributed by atoms with Crippen LogP contribution in [0, 0.1) is 0 Å². The first-order valence-electron chi connectivity index (χ1n) is 9.34. The first-order valence-corrected chi connectivity index (χ1v) is 10.5. The zero-order valence-corrected chi connectivity index (χ0v) is 19.8. The third-order valence-corrected chi connectivity index (χ3v) is 5.63. The second-order valence-corrected chi connectivity index (χ2v) is 7.98. The molecule has 3 rings (SSSR count). The lowest BCUT2D eigenvalue weighted by Gasteiger charge is -2.34. The van der Waals surface area contributed by atoms with Gasteiger partial charge in [0.2, 0.25) is 0 Å². The Bertz CT molecular complexity index is 1110. The first kappa shape index (κ1) is 23.6. The highest BCUT2D eigenvalue weighted by Gasteiger charge is 2.41. The normalized spacial score (nSPS) is 15.7. The number of ether oxygens (including phenoxy) is 3. The molecule has 1 atom stereocenters. The number of esters is 3. The monoisotopic (exact) mass is 519 g/mol. The van der Waals surface area contributed by atoms with E-state index >= 15 is 0 Å². The molecule has 166 valence electrons. The Balaban J connectivity index is 2.37. The van der Waals surface area contributed by atoms with Crippen LogP contribution in [0.25, 0.3) is 0 Å². The Morgan fingerprint density at radius 1 is 0.844 bits per heavy atom. The fourth-order valence-corrected chi connectivity index (χ4v) is 3.78. The summed E-state index contributed by atoms with van der Waals surface area (Å²) in [4.78, 5) is 40.1. The van der Waals surface area contributed by atoms with Crippen molar-refractivity contribution in [2.45, 2.75) is 5.92 Å². The summed E-state index contributed by atoms with van der Waals surface area (Å²) in [5.74, 6) is -3.05. The van der Waals surface area contributed by atoms with Gasteiger partial charge < -0.3 is 14.2 Å². The minimum Gasteiger partial charge on any atom is -0.466 e. The maximum Gasteiger partial charge on any atom is 0.355 e. The number of nitrogens with zero attached hydrogens (tertiary/aromatic N) is 1. The van der Waals surface area contributed by atoms with Gasteiger partial charge in [-0.1, -0.05) is 39.7 Å². The van der Waals surface area contributed by atoms with Crippen LogP contribution in [0.2, 0.25) is 5.02 Å². The molecule has 2 aromatic carbocycles. The van der Waals surface area contributed by atoms with Gasteiger partial charge in [-0.15, -0.1) is 0 Å². The molecule has 0 fully saturated rings. The van der Waals surface area contributed by atoms with Crippen molar-refractivity contribution >= 4 is 51.1 Å². The second-order valence-electron chi connectivity index (χ2n) is 6.63. The third kappa shape index (κ3) is 4.56. The van der Waals surface area contributed by atoms with Crippen molar-refractivity contribution < 1.29 is 28.6 Å². The van der Waals surface area contributed by atoms with Gasteiger partial charge in [-0.2, -0.15) is 0 Å². The van der Waals surface area contributed by atoms with E-state index in [1.807, 2.05) is 0 Å². The summed E-state index contributed by atoms with van der Waals surface area (Å²) in [5.41, 5.74) is 0.971. The summed E-state index contributed by atoms with van der Waals surface area (Å²) < 4.78 is 15.8. The Morgan fingerprint density at radius 2 is 1.41 bits per heavy atom. The van der Waals surface area contributed by atoms with Gasteiger partial charge in [-0.25, -0.2) is 14.4 Å². The molecule has 0 saturated carbocycles. The van der Waals surface area contributed by atoms with E-state index in [9.17, 15) is 14.4 Å². The summed E-state index contributed by atoms with van der Waals surface area (Å²) in [6.07, 6.45) is 1.55. The van der Waals surface area contributed by atoms with E-state index in [2.05, 4.69) is 15.9 Å². The average Bonchev–Trinajstić information content (AvgIpc) is 2.82. The van der Waals surface area contributed by atoms with Crippen LogP contribution in [0.5, 0.6) is 0 Å². The highest BCUT2D eigenvalue weighted by Crippen LogP contribution is 2.41. The highest BCUT2D eigenvalue weighted by atomic mass is 79.9. The quantitative estimate of drug-likeness (QED) is 0.428. The van der Waals surface area contributed by atoms with Crippen LogP contribution >= 0.6 is 27.5 Å². The van der Waals surface area contributed by atoms with E-state index in [0.717, 1.165) is 4.47 Å². The lowest BCUT2D eigenvalue weighted by Crippen LogP contribution is -2.38. The molecule has 2 aromatic rings. The molecule has 0 saturated heterocycles. The van der Waals surface area contributed by atoms with Gasteiger partial charge in [0.1, 0.15) is 11.4 Å².